The van der Waals surface area contributed by atoms with Crippen molar-refractivity contribution in [3.63, 3.8) is 0 Å². The predicted molar refractivity (Wildman–Crippen MR) is 168 cm³/mol. The minimum atomic E-state index is -0.831. The van der Waals surface area contributed by atoms with Crippen molar-refractivity contribution >= 4 is 23.4 Å². The standard InChI is InChI=1S/C36H28N4OS/c41-24-26-20-21-32-33(31-19-11-10-12-27(31)25-42-34(32)22-26)23-35-37-38-39-40(35)36(28-13-4-1-5-14-28,29-15-6-2-7-16-29)30-17-8-3-9-18-30/h1-23,41H,24-25H2/b33-23+. The number of benzene rings is 5. The van der Waals surface area contributed by atoms with Gasteiger partial charge in [0.1, 0.15) is 5.54 Å². The van der Waals surface area contributed by atoms with Gasteiger partial charge in [0.25, 0.3) is 0 Å². The molecule has 0 aliphatic carbocycles. The molecule has 1 aliphatic heterocycles. The summed E-state index contributed by atoms with van der Waals surface area (Å²) in [5.41, 5.74) is 7.78. The van der Waals surface area contributed by atoms with E-state index in [4.69, 9.17) is 5.21 Å². The summed E-state index contributed by atoms with van der Waals surface area (Å²) in [5.74, 6) is 1.47. The zero-order chi connectivity index (χ0) is 28.4. The van der Waals surface area contributed by atoms with E-state index in [1.165, 1.54) is 5.56 Å². The lowest BCUT2D eigenvalue weighted by Crippen LogP contribution is -2.39. The summed E-state index contributed by atoms with van der Waals surface area (Å²) in [6, 6.07) is 46.0. The van der Waals surface area contributed by atoms with Gasteiger partial charge in [-0.2, -0.15) is 0 Å². The molecule has 0 radical (unpaired) electrons. The van der Waals surface area contributed by atoms with E-state index < -0.39 is 5.54 Å². The summed E-state index contributed by atoms with van der Waals surface area (Å²) in [6.45, 7) is 0.00578. The first kappa shape index (κ1) is 26.1. The Hall–Kier alpha value is -4.78. The number of aliphatic hydroxyl groups excluding tert-OH is 1. The Morgan fingerprint density at radius 1 is 0.714 bits per heavy atom. The van der Waals surface area contributed by atoms with Crippen LogP contribution in [0.2, 0.25) is 0 Å². The van der Waals surface area contributed by atoms with Crippen molar-refractivity contribution in [3.8, 4) is 0 Å². The fraction of sp³-hybridized carbons (Fsp3) is 0.0833. The van der Waals surface area contributed by atoms with Crippen molar-refractivity contribution in [3.05, 3.63) is 178 Å². The normalized spacial score (nSPS) is 13.8. The first-order valence-corrected chi connectivity index (χ1v) is 14.9. The molecule has 1 N–H and O–H groups in total. The molecule has 6 heteroatoms. The second-order valence-corrected chi connectivity index (χ2v) is 11.3. The van der Waals surface area contributed by atoms with Crippen molar-refractivity contribution < 1.29 is 5.11 Å². The largest absolute Gasteiger partial charge is 0.392 e. The van der Waals surface area contributed by atoms with Crippen LogP contribution in [-0.4, -0.2) is 25.3 Å². The van der Waals surface area contributed by atoms with E-state index >= 15 is 0 Å². The second kappa shape index (κ2) is 11.2. The van der Waals surface area contributed by atoms with Gasteiger partial charge in [-0.3, -0.25) is 0 Å². The van der Waals surface area contributed by atoms with E-state index in [1.54, 1.807) is 11.8 Å². The molecule has 1 aromatic heterocycles. The van der Waals surface area contributed by atoms with Gasteiger partial charge in [-0.1, -0.05) is 127 Å². The molecule has 0 amide bonds. The Labute approximate surface area is 249 Å². The number of fused-ring (bicyclic) bond motifs is 2. The average Bonchev–Trinajstić information content (AvgIpc) is 3.47. The highest BCUT2D eigenvalue weighted by Crippen LogP contribution is 2.44. The molecule has 42 heavy (non-hydrogen) atoms. The van der Waals surface area contributed by atoms with Crippen LogP contribution in [-0.2, 0) is 17.9 Å². The number of tetrazole rings is 1. The predicted octanol–water partition coefficient (Wildman–Crippen LogP) is 7.20. The molecule has 5 aromatic carbocycles. The molecule has 0 spiro atoms. The molecule has 7 rings (SSSR count). The first-order valence-electron chi connectivity index (χ1n) is 13.9. The zero-order valence-electron chi connectivity index (χ0n) is 22.8. The first-order chi connectivity index (χ1) is 20.8. The molecule has 204 valence electrons. The fourth-order valence-electron chi connectivity index (χ4n) is 5.93. The summed E-state index contributed by atoms with van der Waals surface area (Å²) >= 11 is 1.79. The van der Waals surface area contributed by atoms with Gasteiger partial charge in [0.2, 0.25) is 0 Å². The van der Waals surface area contributed by atoms with Crippen LogP contribution in [0.4, 0.5) is 0 Å². The van der Waals surface area contributed by atoms with E-state index in [1.807, 2.05) is 28.9 Å². The monoisotopic (exact) mass is 564 g/mol. The number of nitrogens with zero attached hydrogens (tertiary/aromatic N) is 4. The van der Waals surface area contributed by atoms with Crippen molar-refractivity contribution in [2.75, 3.05) is 0 Å². The highest BCUT2D eigenvalue weighted by Gasteiger charge is 2.41. The Bertz CT molecular complexity index is 1770. The highest BCUT2D eigenvalue weighted by molar-refractivity contribution is 7.98. The number of aliphatic hydroxyl groups is 1. The van der Waals surface area contributed by atoms with Gasteiger partial charge in [0, 0.05) is 10.6 Å². The Balaban J connectivity index is 1.54. The maximum atomic E-state index is 9.85. The maximum Gasteiger partial charge on any atom is 0.177 e. The maximum absolute atomic E-state index is 9.85. The van der Waals surface area contributed by atoms with Crippen LogP contribution in [0.1, 0.15) is 44.8 Å². The molecule has 1 aliphatic rings. The third-order valence-corrected chi connectivity index (χ3v) is 8.97. The molecule has 2 heterocycles. The summed E-state index contributed by atoms with van der Waals surface area (Å²) in [4.78, 5) is 1.13. The van der Waals surface area contributed by atoms with E-state index in [2.05, 4.69) is 126 Å². The van der Waals surface area contributed by atoms with Gasteiger partial charge >= 0.3 is 0 Å². The lowest BCUT2D eigenvalue weighted by Gasteiger charge is -2.36. The smallest absolute Gasteiger partial charge is 0.177 e. The average molecular weight is 565 g/mol. The Morgan fingerprint density at radius 3 is 1.93 bits per heavy atom. The Morgan fingerprint density at radius 2 is 1.31 bits per heavy atom. The zero-order valence-corrected chi connectivity index (χ0v) is 23.7. The van der Waals surface area contributed by atoms with Crippen LogP contribution < -0.4 is 0 Å². The molecule has 6 aromatic rings. The van der Waals surface area contributed by atoms with Crippen LogP contribution >= 0.6 is 11.8 Å². The van der Waals surface area contributed by atoms with Crippen LogP contribution in [0, 0.1) is 0 Å². The van der Waals surface area contributed by atoms with Crippen molar-refractivity contribution in [1.29, 1.82) is 0 Å². The van der Waals surface area contributed by atoms with Gasteiger partial charge in [-0.15, -0.1) is 16.9 Å². The minimum absolute atomic E-state index is 0.00578. The van der Waals surface area contributed by atoms with Crippen molar-refractivity contribution in [2.45, 2.75) is 22.8 Å². The summed E-state index contributed by atoms with van der Waals surface area (Å²) in [7, 11) is 0. The number of rotatable bonds is 6. The quantitative estimate of drug-likeness (QED) is 0.217. The molecule has 0 saturated heterocycles. The molecule has 0 bridgehead atoms. The summed E-state index contributed by atoms with van der Waals surface area (Å²) in [5, 5.41) is 23.5. The number of hydrogen-bond acceptors (Lipinski definition) is 5. The van der Waals surface area contributed by atoms with Crippen molar-refractivity contribution in [1.82, 2.24) is 20.2 Å². The molecule has 0 saturated carbocycles. The molecule has 0 fully saturated rings. The third-order valence-electron chi connectivity index (χ3n) is 7.87. The molecular formula is C36H28N4OS. The van der Waals surface area contributed by atoms with E-state index in [0.717, 1.165) is 49.6 Å². The lowest BCUT2D eigenvalue weighted by atomic mass is 9.77. The van der Waals surface area contributed by atoms with E-state index in [0.29, 0.717) is 5.82 Å². The molecule has 0 atom stereocenters. The van der Waals surface area contributed by atoms with Gasteiger partial charge in [0.15, 0.2) is 5.82 Å². The van der Waals surface area contributed by atoms with Crippen LogP contribution in [0.3, 0.4) is 0 Å². The topological polar surface area (TPSA) is 63.8 Å². The molecular weight excluding hydrogens is 536 g/mol. The van der Waals surface area contributed by atoms with Gasteiger partial charge in [0.05, 0.1) is 6.61 Å². The van der Waals surface area contributed by atoms with Crippen LogP contribution in [0.25, 0.3) is 11.6 Å². The minimum Gasteiger partial charge on any atom is -0.392 e. The Kier molecular flexibility index (Phi) is 7.00. The second-order valence-electron chi connectivity index (χ2n) is 10.2. The summed E-state index contributed by atoms with van der Waals surface area (Å²) < 4.78 is 1.96. The van der Waals surface area contributed by atoms with Crippen LogP contribution in [0.15, 0.2) is 138 Å². The molecule has 0 unspecified atom stereocenters. The van der Waals surface area contributed by atoms with Crippen molar-refractivity contribution in [2.24, 2.45) is 0 Å². The fourth-order valence-corrected chi connectivity index (χ4v) is 7.06. The van der Waals surface area contributed by atoms with Gasteiger partial charge < -0.3 is 5.11 Å². The SMILES string of the molecule is OCc1ccc2c(c1)SCc1ccccc1/C2=C\c1nnnn1C(c1ccccc1)(c1ccccc1)c1ccccc1. The lowest BCUT2D eigenvalue weighted by molar-refractivity contribution is 0.281. The van der Waals surface area contributed by atoms with Crippen LogP contribution in [0.5, 0.6) is 0 Å². The number of aromatic nitrogens is 4. The van der Waals surface area contributed by atoms with E-state index in [9.17, 15) is 5.11 Å². The summed E-state index contributed by atoms with van der Waals surface area (Å²) in [6.07, 6.45) is 2.12. The van der Waals surface area contributed by atoms with Gasteiger partial charge in [-0.25, -0.2) is 4.68 Å². The number of thioether (sulfide) groups is 1. The third kappa shape index (κ3) is 4.45. The molecule has 5 nitrogen and oxygen atoms in total. The number of hydrogen-bond donors (Lipinski definition) is 1. The highest BCUT2D eigenvalue weighted by atomic mass is 32.2. The van der Waals surface area contributed by atoms with Gasteiger partial charge in [-0.05, 0) is 67.1 Å². The van der Waals surface area contributed by atoms with E-state index in [-0.39, 0.29) is 6.61 Å².